The zero-order valence-electron chi connectivity index (χ0n) is 12.4. The van der Waals surface area contributed by atoms with Gasteiger partial charge in [0, 0.05) is 25.1 Å². The van der Waals surface area contributed by atoms with Crippen molar-refractivity contribution in [1.29, 1.82) is 0 Å². The molecule has 0 radical (unpaired) electrons. The van der Waals surface area contributed by atoms with E-state index in [1.54, 1.807) is 0 Å². The zero-order valence-corrected chi connectivity index (χ0v) is 14.0. The Balaban J connectivity index is 2.40. The number of nitrogens with zero attached hydrogens (tertiary/aromatic N) is 3. The summed E-state index contributed by atoms with van der Waals surface area (Å²) in [5.41, 5.74) is 0. The second kappa shape index (κ2) is 8.48. The van der Waals surface area contributed by atoms with E-state index in [2.05, 4.69) is 63.9 Å². The Labute approximate surface area is 125 Å². The fourth-order valence-electron chi connectivity index (χ4n) is 1.69. The van der Waals surface area contributed by atoms with Crippen molar-refractivity contribution in [3.05, 3.63) is 16.5 Å². The topological polar surface area (TPSA) is 41.1 Å². The molecule has 0 unspecified atom stereocenters. The number of rotatable bonds is 8. The summed E-state index contributed by atoms with van der Waals surface area (Å²) in [4.78, 5) is 11.2. The number of hydrogen-bond acceptors (Lipinski definition) is 4. The van der Waals surface area contributed by atoms with Gasteiger partial charge in [-0.2, -0.15) is 0 Å². The third-order valence-corrected chi connectivity index (χ3v) is 3.50. The summed E-state index contributed by atoms with van der Waals surface area (Å²) in [6.45, 7) is 8.60. The van der Waals surface area contributed by atoms with Gasteiger partial charge < -0.3 is 10.2 Å². The van der Waals surface area contributed by atoms with E-state index >= 15 is 0 Å². The van der Waals surface area contributed by atoms with Crippen LogP contribution in [0.25, 0.3) is 0 Å². The summed E-state index contributed by atoms with van der Waals surface area (Å²) >= 11 is 3.43. The predicted octanol–water partition coefficient (Wildman–Crippen LogP) is 3.33. The summed E-state index contributed by atoms with van der Waals surface area (Å²) in [5.74, 6) is 1.82. The Morgan fingerprint density at radius 1 is 1.37 bits per heavy atom. The van der Waals surface area contributed by atoms with Crippen LogP contribution in [0.1, 0.15) is 39.4 Å². The van der Waals surface area contributed by atoms with Crippen LogP contribution in [0, 0.1) is 0 Å². The van der Waals surface area contributed by atoms with Crippen molar-refractivity contribution < 1.29 is 0 Å². The van der Waals surface area contributed by atoms with E-state index in [0.717, 1.165) is 48.6 Å². The normalized spacial score (nSPS) is 11.3. The van der Waals surface area contributed by atoms with E-state index in [0.29, 0.717) is 6.04 Å². The van der Waals surface area contributed by atoms with Crippen molar-refractivity contribution in [3.63, 3.8) is 0 Å². The second-order valence-electron chi connectivity index (χ2n) is 5.10. The lowest BCUT2D eigenvalue weighted by atomic mass is 10.3. The summed E-state index contributed by atoms with van der Waals surface area (Å²) in [5, 5.41) is 3.37. The van der Waals surface area contributed by atoms with Crippen molar-refractivity contribution in [3.8, 4) is 0 Å². The summed E-state index contributed by atoms with van der Waals surface area (Å²) in [6.07, 6.45) is 3.10. The van der Waals surface area contributed by atoms with Crippen molar-refractivity contribution in [2.45, 2.75) is 46.1 Å². The fraction of sp³-hybridized carbons (Fsp3) is 0.714. The van der Waals surface area contributed by atoms with Crippen LogP contribution in [-0.2, 0) is 6.42 Å². The largest absolute Gasteiger partial charge is 0.370 e. The van der Waals surface area contributed by atoms with Gasteiger partial charge in [-0.3, -0.25) is 0 Å². The Morgan fingerprint density at radius 3 is 2.74 bits per heavy atom. The minimum atomic E-state index is 0.601. The molecule has 0 aromatic carbocycles. The Morgan fingerprint density at radius 2 is 2.11 bits per heavy atom. The fourth-order valence-corrected chi connectivity index (χ4v) is 2.12. The Hall–Kier alpha value is -0.680. The molecule has 0 spiro atoms. The molecule has 0 amide bonds. The molecule has 1 rings (SSSR count). The zero-order chi connectivity index (χ0) is 14.3. The standard InChI is InChI=1S/C14H25BrN4/c1-5-7-13-17-12(15)10-14(18-13)16-8-6-9-19(4)11(2)3/h10-11H,5-9H2,1-4H3,(H,16,17,18). The molecule has 108 valence electrons. The van der Waals surface area contributed by atoms with Gasteiger partial charge in [0.05, 0.1) is 0 Å². The highest BCUT2D eigenvalue weighted by atomic mass is 79.9. The van der Waals surface area contributed by atoms with Crippen molar-refractivity contribution in [1.82, 2.24) is 14.9 Å². The smallest absolute Gasteiger partial charge is 0.132 e. The molecule has 0 atom stereocenters. The minimum Gasteiger partial charge on any atom is -0.370 e. The van der Waals surface area contributed by atoms with Gasteiger partial charge >= 0.3 is 0 Å². The maximum Gasteiger partial charge on any atom is 0.132 e. The third-order valence-electron chi connectivity index (χ3n) is 3.09. The van der Waals surface area contributed by atoms with Crippen molar-refractivity contribution in [2.75, 3.05) is 25.5 Å². The minimum absolute atomic E-state index is 0.601. The number of nitrogens with one attached hydrogen (secondary N) is 1. The first-order chi connectivity index (χ1) is 9.02. The van der Waals surface area contributed by atoms with E-state index in [9.17, 15) is 0 Å². The van der Waals surface area contributed by atoms with Gasteiger partial charge in [0.15, 0.2) is 0 Å². The van der Waals surface area contributed by atoms with Crippen LogP contribution >= 0.6 is 15.9 Å². The number of aromatic nitrogens is 2. The first-order valence-electron chi connectivity index (χ1n) is 7.00. The SMILES string of the molecule is CCCc1nc(Br)cc(NCCCN(C)C(C)C)n1. The van der Waals surface area contributed by atoms with Crippen molar-refractivity contribution in [2.24, 2.45) is 0 Å². The first kappa shape index (κ1) is 16.4. The predicted molar refractivity (Wildman–Crippen MR) is 84.6 cm³/mol. The first-order valence-corrected chi connectivity index (χ1v) is 7.79. The molecule has 4 nitrogen and oxygen atoms in total. The molecule has 0 aliphatic rings. The maximum atomic E-state index is 4.51. The van der Waals surface area contributed by atoms with Crippen LogP contribution in [0.4, 0.5) is 5.82 Å². The lowest BCUT2D eigenvalue weighted by Crippen LogP contribution is -2.28. The molecular formula is C14H25BrN4. The summed E-state index contributed by atoms with van der Waals surface area (Å²) in [7, 11) is 2.16. The molecule has 5 heteroatoms. The average Bonchev–Trinajstić information content (AvgIpc) is 2.34. The molecular weight excluding hydrogens is 304 g/mol. The lowest BCUT2D eigenvalue weighted by Gasteiger charge is -2.20. The number of anilines is 1. The molecule has 19 heavy (non-hydrogen) atoms. The molecule has 1 heterocycles. The van der Waals surface area contributed by atoms with Crippen LogP contribution in [0.15, 0.2) is 10.7 Å². The van der Waals surface area contributed by atoms with Crippen LogP contribution in [0.5, 0.6) is 0 Å². The van der Waals surface area contributed by atoms with Gasteiger partial charge in [-0.05, 0) is 56.2 Å². The molecule has 0 aliphatic heterocycles. The van der Waals surface area contributed by atoms with Crippen LogP contribution in [0.2, 0.25) is 0 Å². The molecule has 0 bridgehead atoms. The Kier molecular flexibility index (Phi) is 7.31. The Bertz CT molecular complexity index is 382. The van der Waals surface area contributed by atoms with Crippen LogP contribution in [-0.4, -0.2) is 41.0 Å². The quantitative estimate of drug-likeness (QED) is 0.587. The van der Waals surface area contributed by atoms with E-state index in [4.69, 9.17) is 0 Å². The monoisotopic (exact) mass is 328 g/mol. The molecule has 0 saturated carbocycles. The molecule has 1 aromatic rings. The summed E-state index contributed by atoms with van der Waals surface area (Å²) in [6, 6.07) is 2.54. The van der Waals surface area contributed by atoms with E-state index in [1.807, 2.05) is 6.07 Å². The van der Waals surface area contributed by atoms with Crippen LogP contribution < -0.4 is 5.32 Å². The van der Waals surface area contributed by atoms with Gasteiger partial charge in [-0.1, -0.05) is 6.92 Å². The van der Waals surface area contributed by atoms with Gasteiger partial charge in [0.1, 0.15) is 16.2 Å². The number of aryl methyl sites for hydroxylation is 1. The second-order valence-corrected chi connectivity index (χ2v) is 5.91. The highest BCUT2D eigenvalue weighted by Gasteiger charge is 2.04. The van der Waals surface area contributed by atoms with E-state index in [1.165, 1.54) is 0 Å². The van der Waals surface area contributed by atoms with Crippen molar-refractivity contribution >= 4 is 21.7 Å². The highest BCUT2D eigenvalue weighted by molar-refractivity contribution is 9.10. The molecule has 0 saturated heterocycles. The maximum absolute atomic E-state index is 4.51. The van der Waals surface area contributed by atoms with E-state index < -0.39 is 0 Å². The van der Waals surface area contributed by atoms with Gasteiger partial charge in [-0.25, -0.2) is 9.97 Å². The van der Waals surface area contributed by atoms with E-state index in [-0.39, 0.29) is 0 Å². The molecule has 1 aromatic heterocycles. The molecule has 0 fully saturated rings. The summed E-state index contributed by atoms with van der Waals surface area (Å²) < 4.78 is 0.854. The molecule has 0 aliphatic carbocycles. The lowest BCUT2D eigenvalue weighted by molar-refractivity contribution is 0.273. The highest BCUT2D eigenvalue weighted by Crippen LogP contribution is 2.13. The van der Waals surface area contributed by atoms with Gasteiger partial charge in [-0.15, -0.1) is 0 Å². The third kappa shape index (κ3) is 6.34. The molecule has 1 N–H and O–H groups in total. The number of hydrogen-bond donors (Lipinski definition) is 1. The number of halogens is 1. The van der Waals surface area contributed by atoms with Crippen LogP contribution in [0.3, 0.4) is 0 Å². The van der Waals surface area contributed by atoms with Gasteiger partial charge in [0.25, 0.3) is 0 Å². The van der Waals surface area contributed by atoms with Gasteiger partial charge in [0.2, 0.25) is 0 Å². The average molecular weight is 329 g/mol.